The molecule has 1 aromatic heterocycles. The molecule has 2 N–H and O–H groups in total. The maximum Gasteiger partial charge on any atom is 0.142 e. The Morgan fingerprint density at radius 2 is 1.67 bits per heavy atom. The second kappa shape index (κ2) is 8.24. The van der Waals surface area contributed by atoms with Crippen molar-refractivity contribution in [2.75, 3.05) is 18.9 Å². The van der Waals surface area contributed by atoms with Crippen LogP contribution < -0.4 is 15.2 Å². The van der Waals surface area contributed by atoms with E-state index < -0.39 is 0 Å². The van der Waals surface area contributed by atoms with Crippen LogP contribution >= 0.6 is 0 Å². The van der Waals surface area contributed by atoms with Crippen LogP contribution in [0.15, 0.2) is 54.6 Å². The summed E-state index contributed by atoms with van der Waals surface area (Å²) in [5, 5.41) is 9.61. The van der Waals surface area contributed by atoms with Gasteiger partial charge in [0.2, 0.25) is 0 Å². The molecule has 0 radical (unpaired) electrons. The fourth-order valence-electron chi connectivity index (χ4n) is 2.90. The molecule has 5 nitrogen and oxygen atoms in total. The van der Waals surface area contributed by atoms with Crippen LogP contribution in [0, 0.1) is 11.3 Å². The summed E-state index contributed by atoms with van der Waals surface area (Å²) in [6, 6.07) is 19.3. The molecular weight excluding hydrogens is 338 g/mol. The van der Waals surface area contributed by atoms with E-state index in [9.17, 15) is 5.26 Å². The van der Waals surface area contributed by atoms with E-state index in [1.165, 1.54) is 0 Å². The van der Waals surface area contributed by atoms with Gasteiger partial charge in [-0.25, -0.2) is 4.98 Å². The number of nitrogens with zero attached hydrogens (tertiary/aromatic N) is 2. The van der Waals surface area contributed by atoms with Crippen molar-refractivity contribution in [3.05, 3.63) is 60.2 Å². The number of pyridine rings is 1. The fraction of sp³-hybridized carbons (Fsp3) is 0.182. The number of benzene rings is 2. The molecule has 0 spiro atoms. The molecule has 0 fully saturated rings. The third kappa shape index (κ3) is 3.85. The van der Waals surface area contributed by atoms with E-state index >= 15 is 0 Å². The zero-order chi connectivity index (χ0) is 19.2. The fourth-order valence-corrected chi connectivity index (χ4v) is 2.90. The number of nitrogen functional groups attached to an aromatic ring is 1. The highest BCUT2D eigenvalue weighted by Crippen LogP contribution is 2.36. The molecule has 1 heterocycles. The Labute approximate surface area is 159 Å². The maximum atomic E-state index is 9.61. The average Bonchev–Trinajstić information content (AvgIpc) is 2.69. The first-order valence-electron chi connectivity index (χ1n) is 8.84. The SMILES string of the molecule is CCOc1ccc(-c2cc(-c3ccccc3OCC)c(C#N)c(N)n2)cc1. The highest BCUT2D eigenvalue weighted by molar-refractivity contribution is 5.83. The Morgan fingerprint density at radius 3 is 2.33 bits per heavy atom. The largest absolute Gasteiger partial charge is 0.494 e. The van der Waals surface area contributed by atoms with Gasteiger partial charge in [0.1, 0.15) is 28.9 Å². The van der Waals surface area contributed by atoms with Crippen molar-refractivity contribution in [3.8, 4) is 40.0 Å². The molecule has 0 bridgehead atoms. The summed E-state index contributed by atoms with van der Waals surface area (Å²) in [6.07, 6.45) is 0. The number of nitriles is 1. The van der Waals surface area contributed by atoms with E-state index in [-0.39, 0.29) is 5.82 Å². The predicted octanol–water partition coefficient (Wildman–Crippen LogP) is 4.67. The Hall–Kier alpha value is -3.52. The van der Waals surface area contributed by atoms with Gasteiger partial charge in [0.25, 0.3) is 0 Å². The normalized spacial score (nSPS) is 10.3. The summed E-state index contributed by atoms with van der Waals surface area (Å²) in [4.78, 5) is 4.43. The number of hydrogen-bond donors (Lipinski definition) is 1. The lowest BCUT2D eigenvalue weighted by atomic mass is 9.97. The van der Waals surface area contributed by atoms with Crippen molar-refractivity contribution < 1.29 is 9.47 Å². The molecule has 3 rings (SSSR count). The molecule has 0 amide bonds. The average molecular weight is 359 g/mol. The summed E-state index contributed by atoms with van der Waals surface area (Å²) in [7, 11) is 0. The first-order valence-corrected chi connectivity index (χ1v) is 8.84. The molecule has 27 heavy (non-hydrogen) atoms. The molecule has 3 aromatic rings. The monoisotopic (exact) mass is 359 g/mol. The minimum atomic E-state index is 0.199. The zero-order valence-corrected chi connectivity index (χ0v) is 15.4. The standard InChI is InChI=1S/C22H21N3O2/c1-3-26-16-11-9-15(10-12-16)20-13-18(19(14-23)22(24)25-20)17-7-5-6-8-21(17)27-4-2/h5-13H,3-4H2,1-2H3,(H2,24,25). The van der Waals surface area contributed by atoms with Crippen molar-refractivity contribution in [3.63, 3.8) is 0 Å². The lowest BCUT2D eigenvalue weighted by Gasteiger charge is -2.14. The number of para-hydroxylation sites is 1. The second-order valence-corrected chi connectivity index (χ2v) is 5.81. The Kier molecular flexibility index (Phi) is 5.58. The van der Waals surface area contributed by atoms with Gasteiger partial charge in [-0.3, -0.25) is 0 Å². The maximum absolute atomic E-state index is 9.61. The molecule has 0 aliphatic heterocycles. The van der Waals surface area contributed by atoms with Crippen LogP contribution in [-0.2, 0) is 0 Å². The van der Waals surface area contributed by atoms with Crippen LogP contribution in [0.4, 0.5) is 5.82 Å². The zero-order valence-electron chi connectivity index (χ0n) is 15.4. The smallest absolute Gasteiger partial charge is 0.142 e. The van der Waals surface area contributed by atoms with Gasteiger partial charge in [-0.05, 0) is 50.2 Å². The van der Waals surface area contributed by atoms with Crippen LogP contribution in [0.3, 0.4) is 0 Å². The van der Waals surface area contributed by atoms with Crippen LogP contribution in [0.1, 0.15) is 19.4 Å². The minimum Gasteiger partial charge on any atom is -0.494 e. The Balaban J connectivity index is 2.14. The molecule has 2 aromatic carbocycles. The summed E-state index contributed by atoms with van der Waals surface area (Å²) in [5.41, 5.74) is 9.56. The summed E-state index contributed by atoms with van der Waals surface area (Å²) in [5.74, 6) is 1.70. The third-order valence-corrected chi connectivity index (χ3v) is 4.10. The molecule has 0 atom stereocenters. The molecule has 136 valence electrons. The molecule has 0 aliphatic carbocycles. The van der Waals surface area contributed by atoms with Crippen molar-refractivity contribution in [2.45, 2.75) is 13.8 Å². The van der Waals surface area contributed by atoms with Crippen LogP contribution in [0.5, 0.6) is 11.5 Å². The first kappa shape index (κ1) is 18.3. The van der Waals surface area contributed by atoms with Crippen LogP contribution in [-0.4, -0.2) is 18.2 Å². The molecular formula is C22H21N3O2. The van der Waals surface area contributed by atoms with E-state index in [0.29, 0.717) is 35.8 Å². The third-order valence-electron chi connectivity index (χ3n) is 4.10. The van der Waals surface area contributed by atoms with E-state index in [1.807, 2.05) is 68.4 Å². The molecule has 0 aliphatic rings. The summed E-state index contributed by atoms with van der Waals surface area (Å²) in [6.45, 7) is 5.01. The van der Waals surface area contributed by atoms with E-state index in [0.717, 1.165) is 16.9 Å². The summed E-state index contributed by atoms with van der Waals surface area (Å²) >= 11 is 0. The van der Waals surface area contributed by atoms with E-state index in [4.69, 9.17) is 15.2 Å². The highest BCUT2D eigenvalue weighted by Gasteiger charge is 2.16. The van der Waals surface area contributed by atoms with Crippen LogP contribution in [0.2, 0.25) is 0 Å². The number of aromatic nitrogens is 1. The van der Waals surface area contributed by atoms with Gasteiger partial charge in [-0.1, -0.05) is 18.2 Å². The minimum absolute atomic E-state index is 0.199. The summed E-state index contributed by atoms with van der Waals surface area (Å²) < 4.78 is 11.2. The Bertz CT molecular complexity index is 976. The van der Waals surface area contributed by atoms with Crippen molar-refractivity contribution in [1.29, 1.82) is 5.26 Å². The van der Waals surface area contributed by atoms with Gasteiger partial charge in [0.15, 0.2) is 0 Å². The molecule has 0 unspecified atom stereocenters. The van der Waals surface area contributed by atoms with Gasteiger partial charge < -0.3 is 15.2 Å². The molecule has 0 saturated heterocycles. The predicted molar refractivity (Wildman–Crippen MR) is 107 cm³/mol. The topological polar surface area (TPSA) is 81.2 Å². The van der Waals surface area contributed by atoms with Crippen molar-refractivity contribution in [1.82, 2.24) is 4.98 Å². The lowest BCUT2D eigenvalue weighted by molar-refractivity contribution is 0.340. The van der Waals surface area contributed by atoms with Crippen LogP contribution in [0.25, 0.3) is 22.4 Å². The van der Waals surface area contributed by atoms with Crippen molar-refractivity contribution in [2.24, 2.45) is 0 Å². The molecule has 5 heteroatoms. The number of ether oxygens (including phenoxy) is 2. The first-order chi connectivity index (χ1) is 13.2. The number of hydrogen-bond acceptors (Lipinski definition) is 5. The van der Waals surface area contributed by atoms with Crippen molar-refractivity contribution >= 4 is 5.82 Å². The number of rotatable bonds is 6. The number of nitrogens with two attached hydrogens (primary N) is 1. The Morgan fingerprint density at radius 1 is 0.963 bits per heavy atom. The van der Waals surface area contributed by atoms with Gasteiger partial charge in [-0.2, -0.15) is 5.26 Å². The quantitative estimate of drug-likeness (QED) is 0.692. The second-order valence-electron chi connectivity index (χ2n) is 5.81. The van der Waals surface area contributed by atoms with E-state index in [1.54, 1.807) is 0 Å². The van der Waals surface area contributed by atoms with Gasteiger partial charge in [0, 0.05) is 16.7 Å². The lowest BCUT2D eigenvalue weighted by Crippen LogP contribution is -2.01. The molecule has 0 saturated carbocycles. The highest BCUT2D eigenvalue weighted by atomic mass is 16.5. The van der Waals surface area contributed by atoms with Gasteiger partial charge in [0.05, 0.1) is 18.9 Å². The van der Waals surface area contributed by atoms with Gasteiger partial charge in [-0.15, -0.1) is 0 Å². The number of anilines is 1. The van der Waals surface area contributed by atoms with Gasteiger partial charge >= 0.3 is 0 Å². The van der Waals surface area contributed by atoms with E-state index in [2.05, 4.69) is 11.1 Å².